The SMILES string of the molecule is Cc1cc(NCCN2CCOCC2)cc(Nc2ncn(-c3cc(F)cc(F)c3)n2)c1. The highest BCUT2D eigenvalue weighted by molar-refractivity contribution is 5.63. The molecule has 0 amide bonds. The summed E-state index contributed by atoms with van der Waals surface area (Å²) >= 11 is 0. The lowest BCUT2D eigenvalue weighted by molar-refractivity contribution is 0.0398. The smallest absolute Gasteiger partial charge is 0.246 e. The summed E-state index contributed by atoms with van der Waals surface area (Å²) in [5.41, 5.74) is 3.17. The van der Waals surface area contributed by atoms with Gasteiger partial charge in [-0.15, -0.1) is 5.10 Å². The van der Waals surface area contributed by atoms with Crippen LogP contribution in [0.3, 0.4) is 0 Å². The molecular formula is C21H24F2N6O. The van der Waals surface area contributed by atoms with E-state index in [4.69, 9.17) is 4.74 Å². The van der Waals surface area contributed by atoms with Crippen LogP contribution in [0.25, 0.3) is 5.69 Å². The van der Waals surface area contributed by atoms with E-state index >= 15 is 0 Å². The summed E-state index contributed by atoms with van der Waals surface area (Å²) in [5, 5.41) is 10.9. The molecule has 0 bridgehead atoms. The fourth-order valence-corrected chi connectivity index (χ4v) is 3.39. The molecule has 2 heterocycles. The Labute approximate surface area is 173 Å². The molecule has 1 aliphatic heterocycles. The van der Waals surface area contributed by atoms with Crippen molar-refractivity contribution in [3.63, 3.8) is 0 Å². The first kappa shape index (κ1) is 20.2. The summed E-state index contributed by atoms with van der Waals surface area (Å²) in [6, 6.07) is 9.26. The first-order chi connectivity index (χ1) is 14.5. The van der Waals surface area contributed by atoms with Crippen LogP contribution in [-0.2, 0) is 4.74 Å². The standard InChI is InChI=1S/C21H24F2N6O/c1-15-8-18(24-2-3-28-4-6-30-7-5-28)13-19(9-15)26-21-25-14-29(27-21)20-11-16(22)10-17(23)12-20/h8-14,24H,2-7H2,1H3,(H,26,27). The van der Waals surface area contributed by atoms with E-state index in [0.29, 0.717) is 5.95 Å². The van der Waals surface area contributed by atoms with Gasteiger partial charge in [-0.1, -0.05) is 0 Å². The molecule has 4 rings (SSSR count). The van der Waals surface area contributed by atoms with Crippen molar-refractivity contribution in [2.24, 2.45) is 0 Å². The number of hydrogen-bond donors (Lipinski definition) is 2. The van der Waals surface area contributed by atoms with Crippen molar-refractivity contribution in [1.29, 1.82) is 0 Å². The average molecular weight is 414 g/mol. The second-order valence-corrected chi connectivity index (χ2v) is 7.23. The maximum Gasteiger partial charge on any atom is 0.246 e. The van der Waals surface area contributed by atoms with E-state index in [1.807, 2.05) is 19.1 Å². The van der Waals surface area contributed by atoms with Crippen LogP contribution >= 0.6 is 0 Å². The molecule has 2 aromatic carbocycles. The average Bonchev–Trinajstić information content (AvgIpc) is 3.16. The molecule has 158 valence electrons. The Bertz CT molecular complexity index is 983. The number of halogens is 2. The summed E-state index contributed by atoms with van der Waals surface area (Å²) in [7, 11) is 0. The van der Waals surface area contributed by atoms with Crippen molar-refractivity contribution in [2.45, 2.75) is 6.92 Å². The zero-order valence-electron chi connectivity index (χ0n) is 16.7. The molecule has 0 saturated carbocycles. The predicted octanol–water partition coefficient (Wildman–Crippen LogP) is 3.34. The topological polar surface area (TPSA) is 67.2 Å². The lowest BCUT2D eigenvalue weighted by atomic mass is 10.2. The Morgan fingerprint density at radius 2 is 1.73 bits per heavy atom. The number of nitrogens with zero attached hydrogens (tertiary/aromatic N) is 4. The lowest BCUT2D eigenvalue weighted by Crippen LogP contribution is -2.39. The Morgan fingerprint density at radius 3 is 2.50 bits per heavy atom. The largest absolute Gasteiger partial charge is 0.384 e. The third-order valence-corrected chi connectivity index (χ3v) is 4.80. The van der Waals surface area contributed by atoms with Crippen LogP contribution in [0.1, 0.15) is 5.56 Å². The molecule has 1 fully saturated rings. The second kappa shape index (κ2) is 9.19. The molecule has 9 heteroatoms. The highest BCUT2D eigenvalue weighted by Crippen LogP contribution is 2.21. The molecule has 0 atom stereocenters. The number of hydrogen-bond acceptors (Lipinski definition) is 6. The van der Waals surface area contributed by atoms with Crippen molar-refractivity contribution >= 4 is 17.3 Å². The molecule has 1 saturated heterocycles. The van der Waals surface area contributed by atoms with Crippen LogP contribution in [0.4, 0.5) is 26.1 Å². The summed E-state index contributed by atoms with van der Waals surface area (Å²) in [4.78, 5) is 6.56. The minimum absolute atomic E-state index is 0.266. The van der Waals surface area contributed by atoms with Crippen molar-refractivity contribution in [3.05, 3.63) is 59.9 Å². The molecule has 3 aromatic rings. The summed E-state index contributed by atoms with van der Waals surface area (Å²) in [6.45, 7) is 7.32. The Hall–Kier alpha value is -3.04. The van der Waals surface area contributed by atoms with Gasteiger partial charge < -0.3 is 15.4 Å². The van der Waals surface area contributed by atoms with Crippen LogP contribution in [-0.4, -0.2) is 59.1 Å². The maximum absolute atomic E-state index is 13.4. The van der Waals surface area contributed by atoms with Crippen LogP contribution in [0, 0.1) is 18.6 Å². The van der Waals surface area contributed by atoms with E-state index in [2.05, 4.69) is 31.7 Å². The summed E-state index contributed by atoms with van der Waals surface area (Å²) < 4.78 is 33.6. The van der Waals surface area contributed by atoms with Crippen molar-refractivity contribution in [2.75, 3.05) is 50.0 Å². The minimum atomic E-state index is -0.665. The maximum atomic E-state index is 13.4. The van der Waals surface area contributed by atoms with Crippen molar-refractivity contribution in [3.8, 4) is 5.69 Å². The molecule has 30 heavy (non-hydrogen) atoms. The van der Waals surface area contributed by atoms with Gasteiger partial charge >= 0.3 is 0 Å². The van der Waals surface area contributed by atoms with E-state index in [9.17, 15) is 8.78 Å². The highest BCUT2D eigenvalue weighted by Gasteiger charge is 2.10. The van der Waals surface area contributed by atoms with Gasteiger partial charge in [0.1, 0.15) is 18.0 Å². The van der Waals surface area contributed by atoms with Gasteiger partial charge in [0.2, 0.25) is 5.95 Å². The fourth-order valence-electron chi connectivity index (χ4n) is 3.39. The number of nitrogens with one attached hydrogen (secondary N) is 2. The first-order valence-corrected chi connectivity index (χ1v) is 9.86. The van der Waals surface area contributed by atoms with Gasteiger partial charge in [-0.3, -0.25) is 4.90 Å². The number of aryl methyl sites for hydroxylation is 1. The Kier molecular flexibility index (Phi) is 6.20. The minimum Gasteiger partial charge on any atom is -0.384 e. The molecule has 1 aliphatic rings. The molecule has 0 aliphatic carbocycles. The van der Waals surface area contributed by atoms with Crippen molar-refractivity contribution in [1.82, 2.24) is 19.7 Å². The number of benzene rings is 2. The van der Waals surface area contributed by atoms with Crippen LogP contribution in [0.5, 0.6) is 0 Å². The number of anilines is 3. The van der Waals surface area contributed by atoms with Gasteiger partial charge in [-0.2, -0.15) is 4.98 Å². The summed E-state index contributed by atoms with van der Waals surface area (Å²) in [6.07, 6.45) is 1.41. The Balaban J connectivity index is 1.40. The van der Waals surface area contributed by atoms with Gasteiger partial charge in [-0.05, 0) is 42.8 Å². The molecule has 0 spiro atoms. The molecular weight excluding hydrogens is 390 g/mol. The normalized spacial score (nSPS) is 14.6. The van der Waals surface area contributed by atoms with Gasteiger partial charge in [0, 0.05) is 43.6 Å². The zero-order valence-corrected chi connectivity index (χ0v) is 16.7. The predicted molar refractivity (Wildman–Crippen MR) is 111 cm³/mol. The van der Waals surface area contributed by atoms with E-state index in [1.165, 1.54) is 23.1 Å². The van der Waals surface area contributed by atoms with E-state index in [-0.39, 0.29) is 5.69 Å². The van der Waals surface area contributed by atoms with Gasteiger partial charge in [0.05, 0.1) is 18.9 Å². The van der Waals surface area contributed by atoms with Crippen molar-refractivity contribution < 1.29 is 13.5 Å². The van der Waals surface area contributed by atoms with E-state index in [1.54, 1.807) is 0 Å². The van der Waals surface area contributed by atoms with Gasteiger partial charge in [0.15, 0.2) is 0 Å². The number of ether oxygens (including phenoxy) is 1. The monoisotopic (exact) mass is 414 g/mol. The number of aromatic nitrogens is 3. The number of morpholine rings is 1. The summed E-state index contributed by atoms with van der Waals surface area (Å²) in [5.74, 6) is -0.993. The van der Waals surface area contributed by atoms with Crippen LogP contribution in [0.15, 0.2) is 42.7 Å². The van der Waals surface area contributed by atoms with E-state index in [0.717, 1.165) is 62.4 Å². The Morgan fingerprint density at radius 1 is 1.00 bits per heavy atom. The molecule has 7 nitrogen and oxygen atoms in total. The van der Waals surface area contributed by atoms with Gasteiger partial charge in [-0.25, -0.2) is 13.5 Å². The first-order valence-electron chi connectivity index (χ1n) is 9.86. The fraction of sp³-hybridized carbons (Fsp3) is 0.333. The second-order valence-electron chi connectivity index (χ2n) is 7.23. The quantitative estimate of drug-likeness (QED) is 0.618. The molecule has 0 unspecified atom stereocenters. The lowest BCUT2D eigenvalue weighted by Gasteiger charge is -2.26. The number of rotatable bonds is 7. The molecule has 1 aromatic heterocycles. The van der Waals surface area contributed by atoms with E-state index < -0.39 is 11.6 Å². The third kappa shape index (κ3) is 5.31. The zero-order chi connectivity index (χ0) is 20.9. The highest BCUT2D eigenvalue weighted by atomic mass is 19.1. The van der Waals surface area contributed by atoms with Crippen LogP contribution < -0.4 is 10.6 Å². The molecule has 2 N–H and O–H groups in total. The molecule has 0 radical (unpaired) electrons. The van der Waals surface area contributed by atoms with Crippen LogP contribution in [0.2, 0.25) is 0 Å². The third-order valence-electron chi connectivity index (χ3n) is 4.80. The van der Waals surface area contributed by atoms with Gasteiger partial charge in [0.25, 0.3) is 0 Å².